The van der Waals surface area contributed by atoms with Gasteiger partial charge in [-0.3, -0.25) is 9.59 Å². The number of amides is 2. The van der Waals surface area contributed by atoms with E-state index in [0.717, 1.165) is 29.5 Å². The summed E-state index contributed by atoms with van der Waals surface area (Å²) in [6.07, 6.45) is 2.68. The Hall–Kier alpha value is -4.12. The van der Waals surface area contributed by atoms with Crippen LogP contribution in [0, 0.1) is 24.1 Å². The number of aryl methyl sites for hydroxylation is 2. The van der Waals surface area contributed by atoms with Gasteiger partial charge >= 0.3 is 0 Å². The Labute approximate surface area is 184 Å². The number of carbonyl (C=O) groups is 2. The highest BCUT2D eigenvalue weighted by Crippen LogP contribution is 2.31. The van der Waals surface area contributed by atoms with E-state index in [-0.39, 0.29) is 29.8 Å². The summed E-state index contributed by atoms with van der Waals surface area (Å²) >= 11 is 0. The number of fused-ring (bicyclic) bond motifs is 1. The lowest BCUT2D eigenvalue weighted by Gasteiger charge is -2.14. The van der Waals surface area contributed by atoms with E-state index in [2.05, 4.69) is 26.7 Å². The van der Waals surface area contributed by atoms with Crippen LogP contribution in [0.3, 0.4) is 0 Å². The Bertz CT molecular complexity index is 1250. The SMILES string of the molecule is Cc1cc(CNC(=O)c2cc(C(=O)NC3CCc4cc(C#N)ccc43)ncn2)ccc1F. The number of hydrogen-bond donors (Lipinski definition) is 2. The lowest BCUT2D eigenvalue weighted by Crippen LogP contribution is -2.29. The predicted octanol–water partition coefficient (Wildman–Crippen LogP) is 3.14. The largest absolute Gasteiger partial charge is 0.347 e. The van der Waals surface area contributed by atoms with E-state index in [4.69, 9.17) is 5.26 Å². The molecule has 0 bridgehead atoms. The fraction of sp³-hybridized carbons (Fsp3) is 0.208. The van der Waals surface area contributed by atoms with Gasteiger partial charge in [-0.2, -0.15) is 5.26 Å². The van der Waals surface area contributed by atoms with Crippen LogP contribution >= 0.6 is 0 Å². The van der Waals surface area contributed by atoms with Crippen molar-refractivity contribution >= 4 is 11.8 Å². The van der Waals surface area contributed by atoms with Gasteiger partial charge in [-0.1, -0.05) is 18.2 Å². The van der Waals surface area contributed by atoms with Crippen LogP contribution in [0.5, 0.6) is 0 Å². The minimum absolute atomic E-state index is 0.0643. The summed E-state index contributed by atoms with van der Waals surface area (Å²) in [7, 11) is 0. The van der Waals surface area contributed by atoms with Crippen LogP contribution in [0.2, 0.25) is 0 Å². The van der Waals surface area contributed by atoms with Crippen LogP contribution in [-0.2, 0) is 13.0 Å². The molecule has 0 spiro atoms. The van der Waals surface area contributed by atoms with Crippen molar-refractivity contribution in [3.05, 3.63) is 93.8 Å². The molecule has 0 aliphatic heterocycles. The van der Waals surface area contributed by atoms with Crippen molar-refractivity contribution in [2.45, 2.75) is 32.4 Å². The van der Waals surface area contributed by atoms with Crippen molar-refractivity contribution < 1.29 is 14.0 Å². The van der Waals surface area contributed by atoms with Gasteiger partial charge in [-0.05, 0) is 60.2 Å². The standard InChI is InChI=1S/C24H20FN5O2/c1-14-8-16(3-6-19(14)25)12-27-23(31)21-10-22(29-13-28-21)24(32)30-20-7-4-17-9-15(11-26)2-5-18(17)20/h2-3,5-6,8-10,13,20H,4,7,12H2,1H3,(H,27,31)(H,30,32). The zero-order chi connectivity index (χ0) is 22.7. The van der Waals surface area contributed by atoms with E-state index in [1.807, 2.05) is 12.1 Å². The number of carbonyl (C=O) groups excluding carboxylic acids is 2. The summed E-state index contributed by atoms with van der Waals surface area (Å²) in [5, 5.41) is 14.7. The molecule has 1 heterocycles. The van der Waals surface area contributed by atoms with E-state index in [9.17, 15) is 14.0 Å². The Morgan fingerprint density at radius 1 is 1.12 bits per heavy atom. The van der Waals surface area contributed by atoms with Gasteiger partial charge < -0.3 is 10.6 Å². The first kappa shape index (κ1) is 21.1. The summed E-state index contributed by atoms with van der Waals surface area (Å²) in [6.45, 7) is 1.86. The predicted molar refractivity (Wildman–Crippen MR) is 114 cm³/mol. The van der Waals surface area contributed by atoms with Crippen molar-refractivity contribution in [3.8, 4) is 6.07 Å². The molecule has 0 fully saturated rings. The smallest absolute Gasteiger partial charge is 0.270 e. The van der Waals surface area contributed by atoms with Gasteiger partial charge in [0.15, 0.2) is 0 Å². The molecule has 4 rings (SSSR count). The molecule has 1 aliphatic rings. The summed E-state index contributed by atoms with van der Waals surface area (Å²) in [5.74, 6) is -1.17. The molecular weight excluding hydrogens is 409 g/mol. The first-order valence-corrected chi connectivity index (χ1v) is 10.1. The number of nitrogens with one attached hydrogen (secondary N) is 2. The van der Waals surface area contributed by atoms with Gasteiger partial charge in [-0.25, -0.2) is 14.4 Å². The van der Waals surface area contributed by atoms with Crippen molar-refractivity contribution in [2.24, 2.45) is 0 Å². The molecule has 3 aromatic rings. The molecule has 0 saturated heterocycles. The lowest BCUT2D eigenvalue weighted by atomic mass is 10.1. The van der Waals surface area contributed by atoms with Crippen LogP contribution in [0.25, 0.3) is 0 Å². The Morgan fingerprint density at radius 3 is 2.66 bits per heavy atom. The Balaban J connectivity index is 1.41. The molecule has 2 aromatic carbocycles. The van der Waals surface area contributed by atoms with E-state index >= 15 is 0 Å². The fourth-order valence-corrected chi connectivity index (χ4v) is 3.76. The average Bonchev–Trinajstić information content (AvgIpc) is 3.21. The zero-order valence-electron chi connectivity index (χ0n) is 17.4. The second-order valence-corrected chi connectivity index (χ2v) is 7.64. The second-order valence-electron chi connectivity index (χ2n) is 7.64. The number of hydrogen-bond acceptors (Lipinski definition) is 5. The highest BCUT2D eigenvalue weighted by atomic mass is 19.1. The minimum atomic E-state index is -0.460. The third kappa shape index (κ3) is 4.47. The second kappa shape index (κ2) is 8.94. The van der Waals surface area contributed by atoms with Gasteiger partial charge in [-0.15, -0.1) is 0 Å². The van der Waals surface area contributed by atoms with Gasteiger partial charge in [0.25, 0.3) is 11.8 Å². The van der Waals surface area contributed by atoms with Gasteiger partial charge in [0, 0.05) is 12.6 Å². The van der Waals surface area contributed by atoms with Crippen molar-refractivity contribution in [1.82, 2.24) is 20.6 Å². The minimum Gasteiger partial charge on any atom is -0.347 e. The topological polar surface area (TPSA) is 108 Å². The molecule has 1 atom stereocenters. The molecule has 2 amide bonds. The quantitative estimate of drug-likeness (QED) is 0.648. The Morgan fingerprint density at radius 2 is 1.91 bits per heavy atom. The summed E-state index contributed by atoms with van der Waals surface area (Å²) in [4.78, 5) is 33.2. The highest BCUT2D eigenvalue weighted by Gasteiger charge is 2.25. The highest BCUT2D eigenvalue weighted by molar-refractivity contribution is 5.97. The molecule has 1 aliphatic carbocycles. The molecule has 1 unspecified atom stereocenters. The Kier molecular flexibility index (Phi) is 5.90. The van der Waals surface area contributed by atoms with Crippen LogP contribution in [-0.4, -0.2) is 21.8 Å². The zero-order valence-corrected chi connectivity index (χ0v) is 17.4. The normalized spacial score (nSPS) is 14.3. The van der Waals surface area contributed by atoms with Crippen LogP contribution in [0.1, 0.15) is 61.3 Å². The van der Waals surface area contributed by atoms with Crippen LogP contribution < -0.4 is 10.6 Å². The third-order valence-corrected chi connectivity index (χ3v) is 5.46. The van der Waals surface area contributed by atoms with Crippen LogP contribution in [0.15, 0.2) is 48.8 Å². The maximum absolute atomic E-state index is 13.4. The van der Waals surface area contributed by atoms with E-state index < -0.39 is 11.8 Å². The number of benzene rings is 2. The van der Waals surface area contributed by atoms with Crippen molar-refractivity contribution in [1.29, 1.82) is 5.26 Å². The first-order valence-electron chi connectivity index (χ1n) is 10.1. The van der Waals surface area contributed by atoms with Gasteiger partial charge in [0.2, 0.25) is 0 Å². The summed E-state index contributed by atoms with van der Waals surface area (Å²) in [6, 6.07) is 13.3. The number of nitrogens with zero attached hydrogens (tertiary/aromatic N) is 3. The maximum Gasteiger partial charge on any atom is 0.270 e. The van der Waals surface area contributed by atoms with Crippen molar-refractivity contribution in [2.75, 3.05) is 0 Å². The molecular formula is C24H20FN5O2. The molecule has 0 radical (unpaired) electrons. The molecule has 8 heteroatoms. The molecule has 160 valence electrons. The van der Waals surface area contributed by atoms with E-state index in [1.54, 1.807) is 25.1 Å². The van der Waals surface area contributed by atoms with Crippen LogP contribution in [0.4, 0.5) is 4.39 Å². The molecule has 2 N–H and O–H groups in total. The lowest BCUT2D eigenvalue weighted by molar-refractivity contribution is 0.0931. The van der Waals surface area contributed by atoms with Crippen molar-refractivity contribution in [3.63, 3.8) is 0 Å². The van der Waals surface area contributed by atoms with E-state index in [1.165, 1.54) is 18.5 Å². The van der Waals surface area contributed by atoms with E-state index in [0.29, 0.717) is 11.1 Å². The third-order valence-electron chi connectivity index (χ3n) is 5.46. The molecule has 7 nitrogen and oxygen atoms in total. The number of rotatable bonds is 5. The van der Waals surface area contributed by atoms with Gasteiger partial charge in [0.05, 0.1) is 17.7 Å². The summed E-state index contributed by atoms with van der Waals surface area (Å²) in [5.41, 5.74) is 4.03. The maximum atomic E-state index is 13.4. The fourth-order valence-electron chi connectivity index (χ4n) is 3.76. The first-order chi connectivity index (χ1) is 15.4. The van der Waals surface area contributed by atoms with Gasteiger partial charge in [0.1, 0.15) is 23.5 Å². The number of nitriles is 1. The number of halogens is 1. The summed E-state index contributed by atoms with van der Waals surface area (Å²) < 4.78 is 13.4. The molecule has 32 heavy (non-hydrogen) atoms. The number of aromatic nitrogens is 2. The monoisotopic (exact) mass is 429 g/mol. The average molecular weight is 429 g/mol. The molecule has 0 saturated carbocycles. The molecule has 1 aromatic heterocycles.